The highest BCUT2D eigenvalue weighted by Crippen LogP contribution is 2.24. The normalized spacial score (nSPS) is 10.7. The first kappa shape index (κ1) is 48.3. The lowest BCUT2D eigenvalue weighted by molar-refractivity contribution is -0.447. The smallest absolute Gasteiger partial charge is 0.264 e. The van der Waals surface area contributed by atoms with Crippen molar-refractivity contribution in [3.05, 3.63) is 103 Å². The van der Waals surface area contributed by atoms with Crippen LogP contribution in [0, 0.1) is 0 Å². The fourth-order valence-corrected chi connectivity index (χ4v) is 3.52. The van der Waals surface area contributed by atoms with Crippen LogP contribution in [0.25, 0.3) is 10.8 Å². The summed E-state index contributed by atoms with van der Waals surface area (Å²) in [6.45, 7) is -0.303. The maximum Gasteiger partial charge on any atom is 0.264 e. The lowest BCUT2D eigenvalue weighted by atomic mass is 10.1. The molecule has 0 amide bonds. The maximum atomic E-state index is 9.78. The predicted molar refractivity (Wildman–Crippen MR) is 213 cm³/mol. The zero-order valence-electron chi connectivity index (χ0n) is 31.4. The molecule has 0 aliphatic carbocycles. The number of hydrogen-bond acceptors (Lipinski definition) is 19. The molecule has 0 radical (unpaired) electrons. The maximum absolute atomic E-state index is 9.78. The molecule has 0 spiro atoms. The molecular weight excluding hydrogens is 779 g/mol. The predicted octanol–water partition coefficient (Wildman–Crippen LogP) is 6.64. The van der Waals surface area contributed by atoms with Gasteiger partial charge in [0.2, 0.25) is 11.9 Å². The number of ether oxygens (including phenoxy) is 1. The molecule has 3 N–H and O–H groups in total. The Labute approximate surface area is 325 Å². The summed E-state index contributed by atoms with van der Waals surface area (Å²) < 4.78 is 55.4. The van der Waals surface area contributed by atoms with E-state index in [-0.39, 0.29) is 12.4 Å². The van der Waals surface area contributed by atoms with E-state index >= 15 is 0 Å². The molecule has 0 unspecified atom stereocenters. The van der Waals surface area contributed by atoms with Crippen LogP contribution in [0.2, 0.25) is 0 Å². The molecule has 1 aromatic heterocycles. The van der Waals surface area contributed by atoms with Gasteiger partial charge in [-0.2, -0.15) is 42.0 Å². The summed E-state index contributed by atoms with van der Waals surface area (Å²) in [6, 6.07) is 31.1. The second-order valence-corrected chi connectivity index (χ2v) is 14.0. The molecule has 0 aliphatic rings. The summed E-state index contributed by atoms with van der Waals surface area (Å²) in [7, 11) is 0.538. The lowest BCUT2D eigenvalue weighted by Crippen LogP contribution is -2.07. The highest BCUT2D eigenvalue weighted by atomic mass is 32.2. The minimum absolute atomic E-state index is 0.258. The molecule has 0 saturated carbocycles. The number of nitrogens with zero attached hydrogens (tertiary/aromatic N) is 5. The number of azo groups is 1. The first-order valence-corrected chi connectivity index (χ1v) is 20.3. The van der Waals surface area contributed by atoms with Gasteiger partial charge in [-0.25, -0.2) is 4.89 Å². The number of aromatic nitrogens is 3. The Hall–Kier alpha value is -4.68. The van der Waals surface area contributed by atoms with E-state index in [4.69, 9.17) is 0 Å². The van der Waals surface area contributed by atoms with Gasteiger partial charge in [0.15, 0.2) is 5.82 Å². The van der Waals surface area contributed by atoms with Crippen molar-refractivity contribution in [3.63, 3.8) is 0 Å². The summed E-state index contributed by atoms with van der Waals surface area (Å²) >= 11 is 1.08. The number of aliphatic hydroxyl groups excluding tert-OH is 1. The van der Waals surface area contributed by atoms with E-state index in [1.165, 1.54) is 7.11 Å². The fourth-order valence-electron chi connectivity index (χ4n) is 3.40. The van der Waals surface area contributed by atoms with E-state index in [9.17, 15) is 21.9 Å². The van der Waals surface area contributed by atoms with Crippen LogP contribution in [0.1, 0.15) is 5.82 Å². The third-order valence-electron chi connectivity index (χ3n) is 5.76. The monoisotopic (exact) mass is 823 g/mol. The molecular formula is C34H45N7O11S3. The first-order valence-electron chi connectivity index (χ1n) is 15.5. The molecule has 0 bridgehead atoms. The molecule has 18 nitrogen and oxygen atoms in total. The summed E-state index contributed by atoms with van der Waals surface area (Å²) in [5.41, 5.74) is 3.12. The zero-order valence-corrected chi connectivity index (χ0v) is 33.9. The number of anilines is 4. The number of rotatable bonds is 12. The average molecular weight is 824 g/mol. The van der Waals surface area contributed by atoms with Crippen LogP contribution in [-0.2, 0) is 54.2 Å². The minimum atomic E-state index is -3.16. The highest BCUT2D eigenvalue weighted by Gasteiger charge is 2.08. The van der Waals surface area contributed by atoms with Crippen LogP contribution < -0.4 is 10.6 Å². The van der Waals surface area contributed by atoms with Gasteiger partial charge in [-0.3, -0.25) is 8.37 Å². The van der Waals surface area contributed by atoms with E-state index < -0.39 is 20.2 Å². The Balaban J connectivity index is 0.000000592. The Morgan fingerprint density at radius 2 is 1.11 bits per heavy atom. The molecule has 1 heterocycles. The molecule has 5 aromatic rings. The number of aliphatic hydroxyl groups is 1. The molecule has 55 heavy (non-hydrogen) atoms. The Morgan fingerprint density at radius 1 is 0.655 bits per heavy atom. The third-order valence-corrected chi connectivity index (χ3v) is 7.16. The standard InChI is InChI=1S/C26H21N7O.3C2H6O3S.C2H6O/c34-17-24-29-25(27-20-12-14-22(15-13-20)33-32-21-8-2-1-3-9-21)31-26(30-24)28-23-11-10-18-6-4-5-7-19(18)16-23;2*1-5-6(2,3)4;1-3-4-5-6-2;1-3-2/h1-16,34H,17H2,(H2,27,28,29,30,31);3*1-2H3;1-2H3. The van der Waals surface area contributed by atoms with Gasteiger partial charge in [-0.15, -0.1) is 4.33 Å². The number of hydrogen-bond donors (Lipinski definition) is 3. The van der Waals surface area contributed by atoms with Crippen molar-refractivity contribution in [3.8, 4) is 0 Å². The van der Waals surface area contributed by atoms with Gasteiger partial charge in [0.05, 0.1) is 45.2 Å². The quantitative estimate of drug-likeness (QED) is 0.0299. The molecule has 21 heteroatoms. The number of methoxy groups -OCH3 is 1. The SMILES string of the molecule is COC.COOOSC.COS(C)(=O)=O.COS(C)(=O)=O.OCc1nc(Nc2ccc(N=Nc3ccccc3)cc2)nc(Nc2ccc3ccccc3c2)n1. The minimum Gasteiger partial charge on any atom is -0.388 e. The number of benzene rings is 4. The molecule has 4 aromatic carbocycles. The van der Waals surface area contributed by atoms with Crippen molar-refractivity contribution in [1.82, 2.24) is 15.0 Å². The molecule has 0 fully saturated rings. The zero-order chi connectivity index (χ0) is 41.1. The topological polar surface area (TPSA) is 231 Å². The highest BCUT2D eigenvalue weighted by molar-refractivity contribution is 7.93. The van der Waals surface area contributed by atoms with Crippen molar-refractivity contribution in [2.24, 2.45) is 10.2 Å². The van der Waals surface area contributed by atoms with E-state index in [1.54, 1.807) is 20.5 Å². The van der Waals surface area contributed by atoms with Crippen LogP contribution in [0.3, 0.4) is 0 Å². The Bertz CT molecular complexity index is 2030. The summed E-state index contributed by atoms with van der Waals surface area (Å²) in [5.74, 6) is 0.917. The molecule has 0 aliphatic heterocycles. The van der Waals surface area contributed by atoms with Gasteiger partial charge in [0, 0.05) is 43.9 Å². The van der Waals surface area contributed by atoms with E-state index in [2.05, 4.69) is 69.2 Å². The number of fused-ring (bicyclic) bond motifs is 1. The second-order valence-electron chi connectivity index (χ2n) is 10.1. The van der Waals surface area contributed by atoms with Crippen molar-refractivity contribution in [1.29, 1.82) is 0 Å². The van der Waals surface area contributed by atoms with Gasteiger partial charge in [0.25, 0.3) is 20.2 Å². The van der Waals surface area contributed by atoms with Crippen molar-refractivity contribution < 1.29 is 49.3 Å². The van der Waals surface area contributed by atoms with Crippen LogP contribution in [0.5, 0.6) is 0 Å². The fraction of sp³-hybridized carbons (Fsp3) is 0.265. The first-order chi connectivity index (χ1) is 26.2. The van der Waals surface area contributed by atoms with Crippen LogP contribution >= 0.6 is 12.0 Å². The summed E-state index contributed by atoms with van der Waals surface area (Å²) in [5, 5.41) is 30.6. The van der Waals surface area contributed by atoms with Gasteiger partial charge in [0.1, 0.15) is 6.61 Å². The van der Waals surface area contributed by atoms with Gasteiger partial charge in [-0.05, 0) is 59.3 Å². The van der Waals surface area contributed by atoms with Gasteiger partial charge in [-0.1, -0.05) is 53.6 Å². The Kier molecular flexibility index (Phi) is 23.7. The van der Waals surface area contributed by atoms with E-state index in [1.807, 2.05) is 91.0 Å². The summed E-state index contributed by atoms with van der Waals surface area (Å²) in [4.78, 5) is 17.0. The Morgan fingerprint density at radius 3 is 1.56 bits per heavy atom. The molecule has 0 saturated heterocycles. The van der Waals surface area contributed by atoms with Crippen molar-refractivity contribution >= 4 is 77.7 Å². The summed E-state index contributed by atoms with van der Waals surface area (Å²) in [6.07, 6.45) is 3.71. The number of nitrogens with one attached hydrogen (secondary N) is 2. The van der Waals surface area contributed by atoms with Gasteiger partial charge < -0.3 is 20.5 Å². The lowest BCUT2D eigenvalue weighted by Gasteiger charge is -2.10. The molecule has 300 valence electrons. The van der Waals surface area contributed by atoms with Gasteiger partial charge >= 0.3 is 0 Å². The third kappa shape index (κ3) is 23.0. The second kappa shape index (κ2) is 27.0. The van der Waals surface area contributed by atoms with E-state index in [0.29, 0.717) is 11.9 Å². The van der Waals surface area contributed by atoms with Crippen LogP contribution in [-0.4, -0.2) is 91.2 Å². The van der Waals surface area contributed by atoms with Crippen molar-refractivity contribution in [2.45, 2.75) is 6.61 Å². The average Bonchev–Trinajstić information content (AvgIpc) is 3.17. The molecule has 0 atom stereocenters. The largest absolute Gasteiger partial charge is 0.388 e. The van der Waals surface area contributed by atoms with E-state index in [0.717, 1.165) is 72.3 Å². The van der Waals surface area contributed by atoms with Crippen LogP contribution in [0.15, 0.2) is 107 Å². The van der Waals surface area contributed by atoms with Crippen molar-refractivity contribution in [2.75, 3.05) is 64.9 Å². The van der Waals surface area contributed by atoms with Crippen LogP contribution in [0.4, 0.5) is 34.6 Å². The molecule has 5 rings (SSSR count).